The number of aromatic nitrogens is 2. The molecule has 0 amide bonds. The molecular weight excluding hydrogens is 281 g/mol. The van der Waals surface area contributed by atoms with Crippen LogP contribution in [0.4, 0.5) is 5.82 Å². The summed E-state index contributed by atoms with van der Waals surface area (Å²) in [4.78, 5) is 7.82. The monoisotopic (exact) mass is 293 g/mol. The van der Waals surface area contributed by atoms with Gasteiger partial charge in [0.2, 0.25) is 5.28 Å². The Hall–Kier alpha value is -0.390. The van der Waals surface area contributed by atoms with Crippen molar-refractivity contribution in [3.05, 3.63) is 16.0 Å². The van der Waals surface area contributed by atoms with Gasteiger partial charge in [-0.25, -0.2) is 4.98 Å². The van der Waals surface area contributed by atoms with E-state index in [2.05, 4.69) is 31.2 Å². The summed E-state index contributed by atoms with van der Waals surface area (Å²) in [5.74, 6) is 0.638. The van der Waals surface area contributed by atoms with Crippen LogP contribution < -0.4 is 5.32 Å². The predicted octanol–water partition coefficient (Wildman–Crippen LogP) is 2.47. The van der Waals surface area contributed by atoms with Gasteiger partial charge in [-0.15, -0.1) is 0 Å². The summed E-state index contributed by atoms with van der Waals surface area (Å²) < 4.78 is 0.752. The van der Waals surface area contributed by atoms with Crippen LogP contribution in [0, 0.1) is 0 Å². The second-order valence-corrected chi connectivity index (χ2v) is 5.02. The Labute approximate surface area is 102 Å². The molecule has 0 aliphatic rings. The van der Waals surface area contributed by atoms with Crippen molar-refractivity contribution in [2.24, 2.45) is 0 Å². The summed E-state index contributed by atoms with van der Waals surface area (Å²) in [7, 11) is 0. The average Bonchev–Trinajstić information content (AvgIpc) is 2.09. The zero-order chi connectivity index (χ0) is 11.5. The zero-order valence-electron chi connectivity index (χ0n) is 8.59. The molecule has 84 valence electrons. The summed E-state index contributed by atoms with van der Waals surface area (Å²) in [6.07, 6.45) is 2.21. The third kappa shape index (κ3) is 4.77. The van der Waals surface area contributed by atoms with Crippen LogP contribution in [0.3, 0.4) is 0 Å². The van der Waals surface area contributed by atoms with E-state index >= 15 is 0 Å². The lowest BCUT2D eigenvalue weighted by molar-refractivity contribution is 0.0748. The van der Waals surface area contributed by atoms with Crippen LogP contribution in [-0.4, -0.2) is 27.2 Å². The molecule has 0 bridgehead atoms. The number of hydrogen-bond acceptors (Lipinski definition) is 4. The van der Waals surface area contributed by atoms with E-state index in [1.54, 1.807) is 20.0 Å². The first-order valence-corrected chi connectivity index (χ1v) is 5.70. The molecule has 0 aliphatic carbocycles. The van der Waals surface area contributed by atoms with Crippen LogP contribution in [0.2, 0.25) is 5.28 Å². The molecule has 0 atom stereocenters. The highest BCUT2D eigenvalue weighted by Crippen LogP contribution is 2.20. The van der Waals surface area contributed by atoms with Gasteiger partial charge in [-0.1, -0.05) is 0 Å². The number of hydrogen-bond donors (Lipinski definition) is 2. The quantitative estimate of drug-likeness (QED) is 0.838. The maximum Gasteiger partial charge on any atom is 0.224 e. The molecule has 0 radical (unpaired) electrons. The van der Waals surface area contributed by atoms with Crippen molar-refractivity contribution in [3.63, 3.8) is 0 Å². The molecule has 2 N–H and O–H groups in total. The predicted molar refractivity (Wildman–Crippen MR) is 64.1 cm³/mol. The van der Waals surface area contributed by atoms with Gasteiger partial charge in [-0.05, 0) is 47.8 Å². The van der Waals surface area contributed by atoms with Crippen molar-refractivity contribution in [3.8, 4) is 0 Å². The van der Waals surface area contributed by atoms with Crippen LogP contribution in [-0.2, 0) is 0 Å². The molecule has 0 aliphatic heterocycles. The first-order valence-electron chi connectivity index (χ1n) is 4.53. The molecule has 0 unspecified atom stereocenters. The third-order valence-electron chi connectivity index (χ3n) is 1.74. The van der Waals surface area contributed by atoms with E-state index in [0.29, 0.717) is 18.8 Å². The lowest BCUT2D eigenvalue weighted by Gasteiger charge is -2.17. The molecule has 6 heteroatoms. The first kappa shape index (κ1) is 12.7. The standard InChI is InChI=1S/C9H13BrClN3O/c1-9(2,15)3-4-12-7-6(10)5-13-8(11)14-7/h5,15H,3-4H2,1-2H3,(H,12,13,14). The van der Waals surface area contributed by atoms with Gasteiger partial charge in [-0.3, -0.25) is 0 Å². The van der Waals surface area contributed by atoms with Crippen molar-refractivity contribution >= 4 is 33.3 Å². The number of nitrogens with zero attached hydrogens (tertiary/aromatic N) is 2. The smallest absolute Gasteiger partial charge is 0.224 e. The number of nitrogens with one attached hydrogen (secondary N) is 1. The van der Waals surface area contributed by atoms with Gasteiger partial charge in [0.05, 0.1) is 10.1 Å². The van der Waals surface area contributed by atoms with Gasteiger partial charge in [0.15, 0.2) is 0 Å². The van der Waals surface area contributed by atoms with Gasteiger partial charge in [0.1, 0.15) is 5.82 Å². The third-order valence-corrected chi connectivity index (χ3v) is 2.51. The summed E-state index contributed by atoms with van der Waals surface area (Å²) in [6, 6.07) is 0. The number of halogens is 2. The molecule has 0 saturated carbocycles. The van der Waals surface area contributed by atoms with E-state index in [0.717, 1.165) is 4.47 Å². The van der Waals surface area contributed by atoms with Gasteiger partial charge >= 0.3 is 0 Å². The molecule has 0 saturated heterocycles. The van der Waals surface area contributed by atoms with Gasteiger partial charge in [-0.2, -0.15) is 4.98 Å². The van der Waals surface area contributed by atoms with Gasteiger partial charge in [0, 0.05) is 12.7 Å². The molecule has 4 nitrogen and oxygen atoms in total. The summed E-state index contributed by atoms with van der Waals surface area (Å²) in [5.41, 5.74) is -0.684. The number of aliphatic hydroxyl groups is 1. The molecule has 0 fully saturated rings. The second kappa shape index (κ2) is 5.09. The van der Waals surface area contributed by atoms with Crippen LogP contribution in [0.25, 0.3) is 0 Å². The molecular formula is C9H13BrClN3O. The fourth-order valence-corrected chi connectivity index (χ4v) is 1.42. The van der Waals surface area contributed by atoms with Gasteiger partial charge < -0.3 is 10.4 Å². The van der Waals surface area contributed by atoms with E-state index in [1.807, 2.05) is 0 Å². The molecule has 0 aromatic carbocycles. The normalized spacial score (nSPS) is 11.5. The minimum atomic E-state index is -0.684. The number of anilines is 1. The Kier molecular flexibility index (Phi) is 4.31. The minimum Gasteiger partial charge on any atom is -0.390 e. The molecule has 0 spiro atoms. The molecule has 1 aromatic heterocycles. The maximum absolute atomic E-state index is 9.51. The lowest BCUT2D eigenvalue weighted by atomic mass is 10.1. The van der Waals surface area contributed by atoms with E-state index in [-0.39, 0.29) is 5.28 Å². The Bertz CT molecular complexity index is 341. The lowest BCUT2D eigenvalue weighted by Crippen LogP contribution is -2.23. The molecule has 15 heavy (non-hydrogen) atoms. The van der Waals surface area contributed by atoms with Crippen molar-refractivity contribution < 1.29 is 5.11 Å². The highest BCUT2D eigenvalue weighted by atomic mass is 79.9. The molecule has 1 heterocycles. The Morgan fingerprint density at radius 3 is 2.87 bits per heavy atom. The fourth-order valence-electron chi connectivity index (χ4n) is 0.956. The Morgan fingerprint density at radius 2 is 2.27 bits per heavy atom. The minimum absolute atomic E-state index is 0.198. The molecule has 1 rings (SSSR count). The highest BCUT2D eigenvalue weighted by molar-refractivity contribution is 9.10. The van der Waals surface area contributed by atoms with E-state index in [4.69, 9.17) is 11.6 Å². The van der Waals surface area contributed by atoms with E-state index in [1.165, 1.54) is 0 Å². The Morgan fingerprint density at radius 1 is 1.60 bits per heavy atom. The van der Waals surface area contributed by atoms with E-state index < -0.39 is 5.60 Å². The maximum atomic E-state index is 9.51. The number of rotatable bonds is 4. The van der Waals surface area contributed by atoms with Crippen molar-refractivity contribution in [1.82, 2.24) is 9.97 Å². The Balaban J connectivity index is 2.54. The molecule has 1 aromatic rings. The topological polar surface area (TPSA) is 58.0 Å². The van der Waals surface area contributed by atoms with Crippen molar-refractivity contribution in [1.29, 1.82) is 0 Å². The van der Waals surface area contributed by atoms with E-state index in [9.17, 15) is 5.11 Å². The summed E-state index contributed by atoms with van der Waals surface area (Å²) in [5, 5.41) is 12.8. The second-order valence-electron chi connectivity index (χ2n) is 3.82. The average molecular weight is 295 g/mol. The fraction of sp³-hybridized carbons (Fsp3) is 0.556. The zero-order valence-corrected chi connectivity index (χ0v) is 10.9. The van der Waals surface area contributed by atoms with Crippen LogP contribution >= 0.6 is 27.5 Å². The van der Waals surface area contributed by atoms with Gasteiger partial charge in [0.25, 0.3) is 0 Å². The van der Waals surface area contributed by atoms with Crippen LogP contribution in [0.15, 0.2) is 10.7 Å². The summed E-state index contributed by atoms with van der Waals surface area (Å²) >= 11 is 8.96. The largest absolute Gasteiger partial charge is 0.390 e. The van der Waals surface area contributed by atoms with Crippen molar-refractivity contribution in [2.75, 3.05) is 11.9 Å². The summed E-state index contributed by atoms with van der Waals surface area (Å²) in [6.45, 7) is 4.14. The SMILES string of the molecule is CC(C)(O)CCNc1nc(Cl)ncc1Br. The first-order chi connectivity index (χ1) is 6.88. The van der Waals surface area contributed by atoms with Crippen LogP contribution in [0.1, 0.15) is 20.3 Å². The van der Waals surface area contributed by atoms with Crippen LogP contribution in [0.5, 0.6) is 0 Å². The highest BCUT2D eigenvalue weighted by Gasteiger charge is 2.12. The van der Waals surface area contributed by atoms with Crippen molar-refractivity contribution in [2.45, 2.75) is 25.9 Å².